The molecular weight excluding hydrogens is 275 g/mol. The Morgan fingerprint density at radius 1 is 1.26 bits per heavy atom. The molecule has 0 amide bonds. The minimum absolute atomic E-state index is 0.0987. The number of aliphatic hydroxyl groups is 1. The topological polar surface area (TPSA) is 95.2 Å². The number of hydrogen-bond donors (Lipinski definition) is 1. The molecule has 0 aromatic carbocycles. The Labute approximate surface area is 111 Å². The maximum atomic E-state index is 12.1. The third-order valence-corrected chi connectivity index (χ3v) is 4.57. The van der Waals surface area contributed by atoms with Gasteiger partial charge in [0, 0.05) is 25.3 Å². The van der Waals surface area contributed by atoms with E-state index < -0.39 is 13.6 Å². The van der Waals surface area contributed by atoms with Gasteiger partial charge in [-0.3, -0.25) is 4.57 Å². The van der Waals surface area contributed by atoms with E-state index in [1.165, 1.54) is 21.3 Å². The van der Waals surface area contributed by atoms with Crippen LogP contribution in [0.2, 0.25) is 0 Å². The Balaban J connectivity index is 3.31. The van der Waals surface area contributed by atoms with Crippen molar-refractivity contribution in [3.8, 4) is 0 Å². The Kier molecular flexibility index (Phi) is 5.31. The fraction of sp³-hybridized carbons (Fsp3) is 0.545. The molecule has 108 valence electrons. The second-order valence-electron chi connectivity index (χ2n) is 3.73. The van der Waals surface area contributed by atoms with Crippen LogP contribution in [0.15, 0.2) is 4.42 Å². The van der Waals surface area contributed by atoms with Crippen LogP contribution < -0.4 is 0 Å². The van der Waals surface area contributed by atoms with Crippen molar-refractivity contribution in [2.75, 3.05) is 21.3 Å². The predicted octanol–water partition coefficient (Wildman–Crippen LogP) is 1.85. The second kappa shape index (κ2) is 6.34. The van der Waals surface area contributed by atoms with Gasteiger partial charge in [0.2, 0.25) is 5.76 Å². The molecule has 0 fully saturated rings. The van der Waals surface area contributed by atoms with E-state index in [9.17, 15) is 14.5 Å². The summed E-state index contributed by atoms with van der Waals surface area (Å²) in [4.78, 5) is 11.6. The van der Waals surface area contributed by atoms with E-state index >= 15 is 0 Å². The summed E-state index contributed by atoms with van der Waals surface area (Å²) in [5.74, 6) is -0.452. The van der Waals surface area contributed by atoms with E-state index in [4.69, 9.17) is 13.5 Å². The lowest BCUT2D eigenvalue weighted by atomic mass is 10.1. The van der Waals surface area contributed by atoms with Crippen molar-refractivity contribution < 1.29 is 32.7 Å². The lowest BCUT2D eigenvalue weighted by Crippen LogP contribution is -2.06. The van der Waals surface area contributed by atoms with Crippen LogP contribution in [-0.4, -0.2) is 32.4 Å². The molecule has 0 radical (unpaired) electrons. The maximum absolute atomic E-state index is 12.1. The van der Waals surface area contributed by atoms with Crippen molar-refractivity contribution in [2.24, 2.45) is 0 Å². The van der Waals surface area contributed by atoms with E-state index in [0.717, 1.165) is 0 Å². The number of carbonyl (C=O) groups is 1. The minimum Gasteiger partial charge on any atom is -0.463 e. The number of aryl methyl sites for hydroxylation is 1. The van der Waals surface area contributed by atoms with Gasteiger partial charge in [-0.1, -0.05) is 0 Å². The number of hydrogen-bond acceptors (Lipinski definition) is 7. The van der Waals surface area contributed by atoms with Crippen LogP contribution >= 0.6 is 7.60 Å². The first-order chi connectivity index (χ1) is 8.92. The third kappa shape index (κ3) is 3.25. The first-order valence-corrected chi connectivity index (χ1v) is 7.16. The fourth-order valence-corrected chi connectivity index (χ4v) is 2.78. The summed E-state index contributed by atoms with van der Waals surface area (Å²) in [6.07, 6.45) is -0.183. The standard InChI is InChI=1S/C11H17O7P/c1-7-8(5-12)9(6-19(14,16-3)17-4)10(18-7)11(13)15-2/h12H,5-6H2,1-4H3. The van der Waals surface area contributed by atoms with Gasteiger partial charge in [-0.15, -0.1) is 0 Å². The van der Waals surface area contributed by atoms with Crippen molar-refractivity contribution in [2.45, 2.75) is 19.7 Å². The van der Waals surface area contributed by atoms with Gasteiger partial charge in [-0.25, -0.2) is 4.79 Å². The zero-order valence-corrected chi connectivity index (χ0v) is 12.2. The quantitative estimate of drug-likeness (QED) is 0.631. The minimum atomic E-state index is -3.39. The van der Waals surface area contributed by atoms with Crippen LogP contribution in [0.5, 0.6) is 0 Å². The molecule has 8 heteroatoms. The van der Waals surface area contributed by atoms with Crippen LogP contribution in [-0.2, 0) is 31.1 Å². The molecule has 19 heavy (non-hydrogen) atoms. The van der Waals surface area contributed by atoms with E-state index in [-0.39, 0.29) is 24.1 Å². The molecule has 0 bridgehead atoms. The molecule has 0 atom stereocenters. The molecule has 1 aromatic rings. The first-order valence-electron chi connectivity index (χ1n) is 5.43. The van der Waals surface area contributed by atoms with Crippen molar-refractivity contribution >= 4 is 13.6 Å². The molecule has 1 rings (SSSR count). The Bertz CT molecular complexity index is 497. The van der Waals surface area contributed by atoms with Crippen LogP contribution in [0.25, 0.3) is 0 Å². The van der Waals surface area contributed by atoms with E-state index in [1.54, 1.807) is 6.92 Å². The normalized spacial score (nSPS) is 11.6. The van der Waals surface area contributed by atoms with Gasteiger partial charge in [0.25, 0.3) is 0 Å². The molecule has 0 aliphatic heterocycles. The van der Waals surface area contributed by atoms with E-state index in [1.807, 2.05) is 0 Å². The van der Waals surface area contributed by atoms with Crippen molar-refractivity contribution in [1.82, 2.24) is 0 Å². The molecule has 1 aromatic heterocycles. The van der Waals surface area contributed by atoms with Gasteiger partial charge in [0.05, 0.1) is 19.9 Å². The number of aliphatic hydroxyl groups excluding tert-OH is 1. The lowest BCUT2D eigenvalue weighted by molar-refractivity contribution is 0.0562. The number of esters is 1. The number of methoxy groups -OCH3 is 1. The Morgan fingerprint density at radius 2 is 1.84 bits per heavy atom. The number of rotatable bonds is 6. The van der Waals surface area contributed by atoms with E-state index in [0.29, 0.717) is 11.3 Å². The fourth-order valence-electron chi connectivity index (χ4n) is 1.65. The molecule has 0 aliphatic rings. The summed E-state index contributed by atoms with van der Waals surface area (Å²) in [7, 11) is 0.305. The largest absolute Gasteiger partial charge is 0.463 e. The Morgan fingerprint density at radius 3 is 2.26 bits per heavy atom. The first kappa shape index (κ1) is 15.9. The van der Waals surface area contributed by atoms with Crippen molar-refractivity contribution in [3.05, 3.63) is 22.6 Å². The molecule has 7 nitrogen and oxygen atoms in total. The summed E-state index contributed by atoms with van der Waals surface area (Å²) >= 11 is 0. The SMILES string of the molecule is COC(=O)c1oc(C)c(CO)c1CP(=O)(OC)OC. The smallest absolute Gasteiger partial charge is 0.374 e. The van der Waals surface area contributed by atoms with Gasteiger partial charge in [-0.05, 0) is 6.92 Å². The second-order valence-corrected chi connectivity index (χ2v) is 6.00. The van der Waals surface area contributed by atoms with Crippen LogP contribution in [0.3, 0.4) is 0 Å². The average molecular weight is 292 g/mol. The van der Waals surface area contributed by atoms with Gasteiger partial charge in [0.1, 0.15) is 5.76 Å². The summed E-state index contributed by atoms with van der Waals surface area (Å²) in [5, 5.41) is 9.33. The molecule has 0 aliphatic carbocycles. The highest BCUT2D eigenvalue weighted by molar-refractivity contribution is 7.52. The van der Waals surface area contributed by atoms with Gasteiger partial charge >= 0.3 is 13.6 Å². The van der Waals surface area contributed by atoms with Gasteiger partial charge in [-0.2, -0.15) is 0 Å². The highest BCUT2D eigenvalue weighted by atomic mass is 31.2. The molecular formula is C11H17O7P. The van der Waals surface area contributed by atoms with Crippen LogP contribution in [0, 0.1) is 6.92 Å². The van der Waals surface area contributed by atoms with Gasteiger partial charge < -0.3 is 23.3 Å². The van der Waals surface area contributed by atoms with Crippen molar-refractivity contribution in [1.29, 1.82) is 0 Å². The molecule has 0 saturated carbocycles. The number of furan rings is 1. The summed E-state index contributed by atoms with van der Waals surface area (Å²) in [6, 6.07) is 0. The average Bonchev–Trinajstić information content (AvgIpc) is 2.73. The summed E-state index contributed by atoms with van der Waals surface area (Å²) < 4.78 is 31.6. The highest BCUT2D eigenvalue weighted by Gasteiger charge is 2.31. The lowest BCUT2D eigenvalue weighted by Gasteiger charge is -2.13. The monoisotopic (exact) mass is 292 g/mol. The van der Waals surface area contributed by atoms with Crippen LogP contribution in [0.4, 0.5) is 0 Å². The van der Waals surface area contributed by atoms with Crippen LogP contribution in [0.1, 0.15) is 27.4 Å². The number of carbonyl (C=O) groups excluding carboxylic acids is 1. The third-order valence-electron chi connectivity index (χ3n) is 2.76. The molecule has 1 N–H and O–H groups in total. The van der Waals surface area contributed by atoms with E-state index in [2.05, 4.69) is 4.74 Å². The molecule has 0 spiro atoms. The Hall–Kier alpha value is -1.14. The summed E-state index contributed by atoms with van der Waals surface area (Å²) in [6.45, 7) is 1.24. The predicted molar refractivity (Wildman–Crippen MR) is 66.0 cm³/mol. The molecule has 1 heterocycles. The zero-order chi connectivity index (χ0) is 14.6. The zero-order valence-electron chi connectivity index (χ0n) is 11.3. The molecule has 0 unspecified atom stereocenters. The highest BCUT2D eigenvalue weighted by Crippen LogP contribution is 2.51. The maximum Gasteiger partial charge on any atom is 0.374 e. The number of ether oxygens (including phenoxy) is 1. The van der Waals surface area contributed by atoms with Gasteiger partial charge in [0.15, 0.2) is 0 Å². The molecule has 0 saturated heterocycles. The summed E-state index contributed by atoms with van der Waals surface area (Å²) in [5.41, 5.74) is 0.661. The van der Waals surface area contributed by atoms with Crippen molar-refractivity contribution in [3.63, 3.8) is 0 Å².